The van der Waals surface area contributed by atoms with E-state index in [0.29, 0.717) is 17.3 Å². The molecule has 1 spiro atoms. The fraction of sp³-hybridized carbons (Fsp3) is 0.867. The monoisotopic (exact) mass is 220 g/mol. The van der Waals surface area contributed by atoms with Gasteiger partial charge in [0, 0.05) is 5.41 Å². The zero-order valence-corrected chi connectivity index (χ0v) is 10.8. The first-order chi connectivity index (χ1) is 7.42. The fourth-order valence-corrected chi connectivity index (χ4v) is 5.78. The molecule has 0 radical (unpaired) electrons. The van der Waals surface area contributed by atoms with Crippen molar-refractivity contribution in [2.45, 2.75) is 52.6 Å². The van der Waals surface area contributed by atoms with Gasteiger partial charge in [0.25, 0.3) is 0 Å². The molecule has 3 fully saturated rings. The Morgan fingerprint density at radius 1 is 1.31 bits per heavy atom. The Balaban J connectivity index is 2.18. The quantitative estimate of drug-likeness (QED) is 0.620. The molecule has 1 N–H and O–H groups in total. The summed E-state index contributed by atoms with van der Waals surface area (Å²) in [6.07, 6.45) is 4.65. The summed E-state index contributed by atoms with van der Waals surface area (Å²) in [5.74, 6) is 2.06. The molecule has 3 rings (SSSR count). The van der Waals surface area contributed by atoms with E-state index in [1.165, 1.54) is 24.8 Å². The summed E-state index contributed by atoms with van der Waals surface area (Å²) in [4.78, 5) is 0. The van der Waals surface area contributed by atoms with Crippen LogP contribution in [0.5, 0.6) is 0 Å². The van der Waals surface area contributed by atoms with E-state index in [0.717, 1.165) is 12.3 Å². The topological polar surface area (TPSA) is 20.2 Å². The maximum atomic E-state index is 10.6. The molecule has 0 aromatic rings. The molecule has 0 aliphatic heterocycles. The minimum absolute atomic E-state index is 0.139. The second kappa shape index (κ2) is 2.93. The van der Waals surface area contributed by atoms with Gasteiger partial charge in [0.1, 0.15) is 0 Å². The number of aliphatic hydroxyl groups is 1. The summed E-state index contributed by atoms with van der Waals surface area (Å²) in [6, 6.07) is 0. The van der Waals surface area contributed by atoms with Crippen molar-refractivity contribution in [1.82, 2.24) is 0 Å². The van der Waals surface area contributed by atoms with Gasteiger partial charge in [-0.1, -0.05) is 32.9 Å². The SMILES string of the molecule is C=C1CC(O)C23C(C)CCC(CC12)C3(C)C. The first-order valence-corrected chi connectivity index (χ1v) is 6.78. The lowest BCUT2D eigenvalue weighted by Gasteiger charge is -2.54. The van der Waals surface area contributed by atoms with E-state index < -0.39 is 0 Å². The second-order valence-corrected chi connectivity index (χ2v) is 7.00. The molecule has 2 bridgehead atoms. The van der Waals surface area contributed by atoms with Crippen LogP contribution in [0.25, 0.3) is 0 Å². The largest absolute Gasteiger partial charge is 0.392 e. The first-order valence-electron chi connectivity index (χ1n) is 6.78. The highest BCUT2D eigenvalue weighted by molar-refractivity contribution is 5.29. The van der Waals surface area contributed by atoms with Crippen LogP contribution >= 0.6 is 0 Å². The van der Waals surface area contributed by atoms with Crippen LogP contribution in [0.2, 0.25) is 0 Å². The van der Waals surface area contributed by atoms with Crippen LogP contribution in [0.1, 0.15) is 46.5 Å². The molecule has 1 nitrogen and oxygen atoms in total. The molecular weight excluding hydrogens is 196 g/mol. The molecule has 90 valence electrons. The summed E-state index contributed by atoms with van der Waals surface area (Å²) in [5, 5.41) is 10.6. The van der Waals surface area contributed by atoms with Gasteiger partial charge in [-0.15, -0.1) is 0 Å². The van der Waals surface area contributed by atoms with Gasteiger partial charge in [0.05, 0.1) is 6.10 Å². The number of hydrogen-bond donors (Lipinski definition) is 1. The zero-order chi connectivity index (χ0) is 11.7. The van der Waals surface area contributed by atoms with E-state index in [1.807, 2.05) is 0 Å². The van der Waals surface area contributed by atoms with E-state index in [4.69, 9.17) is 0 Å². The molecule has 5 unspecified atom stereocenters. The maximum Gasteiger partial charge on any atom is 0.0647 e. The molecule has 0 aromatic carbocycles. The second-order valence-electron chi connectivity index (χ2n) is 7.00. The van der Waals surface area contributed by atoms with Crippen molar-refractivity contribution in [3.8, 4) is 0 Å². The smallest absolute Gasteiger partial charge is 0.0647 e. The van der Waals surface area contributed by atoms with Gasteiger partial charge < -0.3 is 5.11 Å². The van der Waals surface area contributed by atoms with E-state index in [2.05, 4.69) is 27.4 Å². The average Bonchev–Trinajstić information content (AvgIpc) is 2.48. The molecule has 0 saturated heterocycles. The van der Waals surface area contributed by atoms with Gasteiger partial charge in [0.2, 0.25) is 0 Å². The van der Waals surface area contributed by atoms with Crippen LogP contribution in [-0.2, 0) is 0 Å². The van der Waals surface area contributed by atoms with E-state index >= 15 is 0 Å². The standard InChI is InChI=1S/C15H24O/c1-9-7-13(16)15-10(2)5-6-11(8-12(9)15)14(15,3)4/h10-13,16H,1,5-8H2,2-4H3. The molecular formula is C15H24O. The Morgan fingerprint density at radius 3 is 2.69 bits per heavy atom. The normalized spacial score (nSPS) is 54.1. The minimum Gasteiger partial charge on any atom is -0.392 e. The zero-order valence-electron chi connectivity index (χ0n) is 10.8. The van der Waals surface area contributed by atoms with Crippen LogP contribution in [0.4, 0.5) is 0 Å². The van der Waals surface area contributed by atoms with Crippen molar-refractivity contribution in [3.05, 3.63) is 12.2 Å². The molecule has 3 aliphatic rings. The molecule has 3 aliphatic carbocycles. The van der Waals surface area contributed by atoms with Crippen LogP contribution in [-0.4, -0.2) is 11.2 Å². The van der Waals surface area contributed by atoms with Crippen molar-refractivity contribution < 1.29 is 5.11 Å². The lowest BCUT2D eigenvalue weighted by molar-refractivity contribution is -0.112. The average molecular weight is 220 g/mol. The van der Waals surface area contributed by atoms with Crippen molar-refractivity contribution in [1.29, 1.82) is 0 Å². The van der Waals surface area contributed by atoms with Crippen LogP contribution in [0, 0.1) is 28.6 Å². The third kappa shape index (κ3) is 0.895. The fourth-order valence-electron chi connectivity index (χ4n) is 5.78. The Labute approximate surface area is 98.9 Å². The molecule has 3 saturated carbocycles. The molecule has 5 atom stereocenters. The van der Waals surface area contributed by atoms with Crippen molar-refractivity contribution in [3.63, 3.8) is 0 Å². The van der Waals surface area contributed by atoms with Crippen LogP contribution in [0.15, 0.2) is 12.2 Å². The van der Waals surface area contributed by atoms with Crippen LogP contribution in [0.3, 0.4) is 0 Å². The molecule has 0 aromatic heterocycles. The summed E-state index contributed by atoms with van der Waals surface area (Å²) in [6.45, 7) is 11.4. The Kier molecular flexibility index (Phi) is 1.98. The van der Waals surface area contributed by atoms with Crippen molar-refractivity contribution in [2.24, 2.45) is 28.6 Å². The van der Waals surface area contributed by atoms with Crippen molar-refractivity contribution in [2.75, 3.05) is 0 Å². The summed E-state index contributed by atoms with van der Waals surface area (Å²) < 4.78 is 0. The van der Waals surface area contributed by atoms with Gasteiger partial charge in [-0.05, 0) is 48.9 Å². The van der Waals surface area contributed by atoms with E-state index in [-0.39, 0.29) is 11.5 Å². The Morgan fingerprint density at radius 2 is 2.00 bits per heavy atom. The number of aliphatic hydroxyl groups excluding tert-OH is 1. The maximum absolute atomic E-state index is 10.6. The molecule has 1 heteroatoms. The van der Waals surface area contributed by atoms with Crippen LogP contribution < -0.4 is 0 Å². The highest BCUT2D eigenvalue weighted by Gasteiger charge is 2.69. The highest BCUT2D eigenvalue weighted by Crippen LogP contribution is 2.73. The number of hydrogen-bond acceptors (Lipinski definition) is 1. The lowest BCUT2D eigenvalue weighted by atomic mass is 9.51. The predicted octanol–water partition coefficient (Wildman–Crippen LogP) is 3.39. The van der Waals surface area contributed by atoms with Gasteiger partial charge in [0.15, 0.2) is 0 Å². The lowest BCUT2D eigenvalue weighted by Crippen LogP contribution is -2.52. The van der Waals surface area contributed by atoms with Gasteiger partial charge in [-0.25, -0.2) is 0 Å². The minimum atomic E-state index is -0.139. The third-order valence-electron chi connectivity index (χ3n) is 6.50. The van der Waals surface area contributed by atoms with Gasteiger partial charge >= 0.3 is 0 Å². The summed E-state index contributed by atoms with van der Waals surface area (Å²) in [7, 11) is 0. The first kappa shape index (κ1) is 10.8. The highest BCUT2D eigenvalue weighted by atomic mass is 16.3. The third-order valence-corrected chi connectivity index (χ3v) is 6.50. The summed E-state index contributed by atoms with van der Waals surface area (Å²) in [5.41, 5.74) is 1.78. The van der Waals surface area contributed by atoms with E-state index in [9.17, 15) is 5.11 Å². The number of rotatable bonds is 0. The van der Waals surface area contributed by atoms with E-state index in [1.54, 1.807) is 0 Å². The Hall–Kier alpha value is -0.300. The molecule has 0 amide bonds. The Bertz CT molecular complexity index is 343. The summed E-state index contributed by atoms with van der Waals surface area (Å²) >= 11 is 0. The van der Waals surface area contributed by atoms with Gasteiger partial charge in [-0.2, -0.15) is 0 Å². The predicted molar refractivity (Wildman–Crippen MR) is 66.0 cm³/mol. The van der Waals surface area contributed by atoms with Crippen molar-refractivity contribution >= 4 is 0 Å². The molecule has 16 heavy (non-hydrogen) atoms. The van der Waals surface area contributed by atoms with Gasteiger partial charge in [-0.3, -0.25) is 0 Å². The molecule has 0 heterocycles. The number of fused-ring (bicyclic) bond motifs is 1.